The van der Waals surface area contributed by atoms with Crippen molar-refractivity contribution in [2.24, 2.45) is 10.7 Å². The van der Waals surface area contributed by atoms with Crippen molar-refractivity contribution in [3.05, 3.63) is 91.7 Å². The molecule has 3 aromatic rings. The molecule has 0 unspecified atom stereocenters. The van der Waals surface area contributed by atoms with Gasteiger partial charge in [0.15, 0.2) is 10.8 Å². The lowest BCUT2D eigenvalue weighted by Gasteiger charge is -2.38. The molecule has 3 aliphatic heterocycles. The van der Waals surface area contributed by atoms with E-state index in [1.807, 2.05) is 34.5 Å². The van der Waals surface area contributed by atoms with Gasteiger partial charge >= 0.3 is 12.0 Å². The zero-order valence-corrected chi connectivity index (χ0v) is 27.5. The van der Waals surface area contributed by atoms with Gasteiger partial charge in [0, 0.05) is 66.6 Å². The number of ether oxygens (including phenoxy) is 1. The van der Waals surface area contributed by atoms with Crippen molar-refractivity contribution in [1.82, 2.24) is 20.1 Å². The summed E-state index contributed by atoms with van der Waals surface area (Å²) in [5.74, 6) is -0.750. The van der Waals surface area contributed by atoms with E-state index in [1.54, 1.807) is 24.1 Å². The summed E-state index contributed by atoms with van der Waals surface area (Å²) in [6.07, 6.45) is 2.52. The number of nitrogens with zero attached hydrogens (tertiary/aromatic N) is 5. The number of benzene rings is 2. The fourth-order valence-electron chi connectivity index (χ4n) is 6.03. The fourth-order valence-corrected chi connectivity index (χ4v) is 7.19. The third-order valence-corrected chi connectivity index (χ3v) is 9.71. The highest BCUT2D eigenvalue weighted by atomic mass is 79.9. The molecule has 0 saturated carbocycles. The molecule has 240 valence electrons. The molecule has 2 saturated heterocycles. The molecule has 0 radical (unpaired) electrons. The van der Waals surface area contributed by atoms with E-state index in [9.17, 15) is 18.8 Å². The second-order valence-corrected chi connectivity index (χ2v) is 13.0. The van der Waals surface area contributed by atoms with Gasteiger partial charge in [-0.05, 0) is 48.7 Å². The number of rotatable bonds is 10. The minimum Gasteiger partial charge on any atom is -0.463 e. The molecule has 2 atom stereocenters. The molecule has 3 amide bonds. The first-order valence-corrected chi connectivity index (χ1v) is 16.7. The third-order valence-electron chi connectivity index (χ3n) is 8.24. The number of urea groups is 1. The van der Waals surface area contributed by atoms with Crippen LogP contribution in [0.15, 0.2) is 74.8 Å². The van der Waals surface area contributed by atoms with Crippen molar-refractivity contribution in [1.29, 1.82) is 0 Å². The number of amides is 3. The Labute approximate surface area is 278 Å². The predicted octanol–water partition coefficient (Wildman–Crippen LogP) is 4.00. The van der Waals surface area contributed by atoms with Crippen molar-refractivity contribution in [2.75, 3.05) is 44.2 Å². The summed E-state index contributed by atoms with van der Waals surface area (Å²) < 4.78 is 20.1. The van der Waals surface area contributed by atoms with Crippen LogP contribution in [0.25, 0.3) is 0 Å². The number of anilines is 1. The van der Waals surface area contributed by atoms with E-state index in [1.165, 1.54) is 23.5 Å². The second-order valence-electron chi connectivity index (χ2n) is 11.2. The molecule has 1 aromatic heterocycles. The van der Waals surface area contributed by atoms with Gasteiger partial charge in [0.1, 0.15) is 11.9 Å². The lowest BCUT2D eigenvalue weighted by molar-refractivity contribution is -0.139. The molecule has 11 nitrogen and oxygen atoms in total. The zero-order valence-electron chi connectivity index (χ0n) is 25.1. The van der Waals surface area contributed by atoms with Crippen LogP contribution in [-0.4, -0.2) is 83.9 Å². The summed E-state index contributed by atoms with van der Waals surface area (Å²) in [4.78, 5) is 53.3. The van der Waals surface area contributed by atoms with Crippen LogP contribution in [0.5, 0.6) is 0 Å². The minimum atomic E-state index is -0.764. The molecule has 4 heterocycles. The average Bonchev–Trinajstić information content (AvgIpc) is 3.69. The van der Waals surface area contributed by atoms with Crippen LogP contribution in [-0.2, 0) is 20.7 Å². The van der Waals surface area contributed by atoms with E-state index in [0.717, 1.165) is 11.3 Å². The van der Waals surface area contributed by atoms with E-state index in [0.29, 0.717) is 71.3 Å². The highest BCUT2D eigenvalue weighted by Crippen LogP contribution is 2.37. The quantitative estimate of drug-likeness (QED) is 0.304. The van der Waals surface area contributed by atoms with Gasteiger partial charge in [-0.3, -0.25) is 19.6 Å². The molecule has 6 rings (SSSR count). The van der Waals surface area contributed by atoms with Crippen LogP contribution in [0, 0.1) is 5.82 Å². The SMILES string of the molecule is CCOC(=O)C1=C(CN2CCN3C(=O)N(c4ccc(CCC(N)=O)cc4)C[C@@H]3C2)NC(c2nccs2)=N[C@H]1c1ccc(F)cc1Br. The normalized spacial score (nSPS) is 20.0. The number of piperazine rings is 1. The van der Waals surface area contributed by atoms with Gasteiger partial charge in [0.05, 0.1) is 18.2 Å². The monoisotopic (exact) mass is 709 g/mol. The first-order chi connectivity index (χ1) is 22.2. The Morgan fingerprint density at radius 1 is 1.17 bits per heavy atom. The Bertz CT molecular complexity index is 1700. The standard InChI is InChI=1S/C32H33BrFN7O4S/c1-2-45-31(43)27-25(37-29(30-36-11-14-46-30)38-28(27)23-9-6-20(34)15-24(23)33)18-39-12-13-40-22(16-39)17-41(32(40)44)21-7-3-19(4-8-21)5-10-26(35)42/h3-4,6-9,11,14-15,22,28H,2,5,10,12-13,16-18H2,1H3,(H2,35,42)(H,37,38)/t22-,28-/m0/s1. The maximum absolute atomic E-state index is 14.1. The Balaban J connectivity index is 1.25. The van der Waals surface area contributed by atoms with Crippen molar-refractivity contribution < 1.29 is 23.5 Å². The Hall–Kier alpha value is -4.14. The largest absolute Gasteiger partial charge is 0.463 e. The molecular weight excluding hydrogens is 677 g/mol. The van der Waals surface area contributed by atoms with Gasteiger partial charge in [-0.15, -0.1) is 11.3 Å². The third kappa shape index (κ3) is 6.69. The van der Waals surface area contributed by atoms with Crippen LogP contribution >= 0.6 is 27.3 Å². The van der Waals surface area contributed by atoms with Gasteiger partial charge in [-0.2, -0.15) is 0 Å². The molecule has 0 spiro atoms. The number of hydrogen-bond donors (Lipinski definition) is 2. The van der Waals surface area contributed by atoms with Crippen LogP contribution in [0.3, 0.4) is 0 Å². The predicted molar refractivity (Wildman–Crippen MR) is 176 cm³/mol. The summed E-state index contributed by atoms with van der Waals surface area (Å²) in [7, 11) is 0. The summed E-state index contributed by atoms with van der Waals surface area (Å²) in [6, 6.07) is 11.1. The summed E-state index contributed by atoms with van der Waals surface area (Å²) in [6.45, 7) is 4.54. The Morgan fingerprint density at radius 2 is 1.98 bits per heavy atom. The summed E-state index contributed by atoms with van der Waals surface area (Å²) >= 11 is 4.89. The van der Waals surface area contributed by atoms with Crippen LogP contribution < -0.4 is 16.0 Å². The zero-order chi connectivity index (χ0) is 32.4. The number of esters is 1. The van der Waals surface area contributed by atoms with E-state index in [4.69, 9.17) is 15.5 Å². The van der Waals surface area contributed by atoms with Gasteiger partial charge in [-0.25, -0.2) is 19.0 Å². The molecule has 2 fully saturated rings. The first kappa shape index (κ1) is 31.8. The number of halogens is 2. The number of aryl methyl sites for hydroxylation is 1. The molecule has 0 bridgehead atoms. The van der Waals surface area contributed by atoms with Crippen LogP contribution in [0.1, 0.15) is 35.5 Å². The number of amidine groups is 1. The number of carbonyl (C=O) groups is 3. The van der Waals surface area contributed by atoms with Crippen molar-refractivity contribution in [3.8, 4) is 0 Å². The van der Waals surface area contributed by atoms with Crippen LogP contribution in [0.4, 0.5) is 14.9 Å². The number of carbonyl (C=O) groups excluding carboxylic acids is 3. The minimum absolute atomic E-state index is 0.0452. The molecular formula is C32H33BrFN7O4S. The van der Waals surface area contributed by atoms with Crippen molar-refractivity contribution in [2.45, 2.75) is 31.8 Å². The van der Waals surface area contributed by atoms with E-state index < -0.39 is 17.8 Å². The maximum Gasteiger partial charge on any atom is 0.338 e. The summed E-state index contributed by atoms with van der Waals surface area (Å²) in [5, 5.41) is 5.88. The molecule has 2 aromatic carbocycles. The van der Waals surface area contributed by atoms with E-state index in [-0.39, 0.29) is 31.0 Å². The molecule has 3 N–H and O–H groups in total. The number of fused-ring (bicyclic) bond motifs is 1. The van der Waals surface area contributed by atoms with Gasteiger partial charge in [-0.1, -0.05) is 34.1 Å². The Morgan fingerprint density at radius 3 is 2.67 bits per heavy atom. The Kier molecular flexibility index (Phi) is 9.47. The van der Waals surface area contributed by atoms with Gasteiger partial charge in [0.25, 0.3) is 0 Å². The van der Waals surface area contributed by atoms with Crippen molar-refractivity contribution >= 4 is 56.7 Å². The highest BCUT2D eigenvalue weighted by Gasteiger charge is 2.42. The number of aliphatic imine (C=N–C) groups is 1. The lowest BCUT2D eigenvalue weighted by atomic mass is 9.95. The average molecular weight is 711 g/mol. The molecule has 46 heavy (non-hydrogen) atoms. The first-order valence-electron chi connectivity index (χ1n) is 15.0. The highest BCUT2D eigenvalue weighted by molar-refractivity contribution is 9.10. The molecule has 3 aliphatic rings. The smallest absolute Gasteiger partial charge is 0.338 e. The lowest BCUT2D eigenvalue weighted by Crippen LogP contribution is -2.53. The molecule has 14 heteroatoms. The van der Waals surface area contributed by atoms with E-state index in [2.05, 4.69) is 31.1 Å². The van der Waals surface area contributed by atoms with Gasteiger partial charge in [0.2, 0.25) is 5.91 Å². The topological polar surface area (TPSA) is 133 Å². The maximum atomic E-state index is 14.1. The summed E-state index contributed by atoms with van der Waals surface area (Å²) in [5.41, 5.74) is 8.66. The number of nitrogens with one attached hydrogen (secondary N) is 1. The second kappa shape index (κ2) is 13.7. The van der Waals surface area contributed by atoms with E-state index >= 15 is 0 Å². The number of hydrogen-bond acceptors (Lipinski definition) is 9. The number of primary amides is 1. The number of nitrogens with two attached hydrogens (primary N) is 1. The number of aromatic nitrogens is 1. The molecule has 0 aliphatic carbocycles. The van der Waals surface area contributed by atoms with Crippen LogP contribution in [0.2, 0.25) is 0 Å². The fraction of sp³-hybridized carbons (Fsp3) is 0.344. The van der Waals surface area contributed by atoms with Crippen molar-refractivity contribution in [3.63, 3.8) is 0 Å². The van der Waals surface area contributed by atoms with Gasteiger partial charge < -0.3 is 20.7 Å². The number of thiazole rings is 1.